The summed E-state index contributed by atoms with van der Waals surface area (Å²) in [5, 5.41) is 0. The van der Waals surface area contributed by atoms with Crippen molar-refractivity contribution in [3.8, 4) is 0 Å². The van der Waals surface area contributed by atoms with Crippen LogP contribution in [0.3, 0.4) is 0 Å². The van der Waals surface area contributed by atoms with Gasteiger partial charge in [0.1, 0.15) is 0 Å². The summed E-state index contributed by atoms with van der Waals surface area (Å²) in [5.41, 5.74) is -1.87. The molecule has 3 rings (SSSR count). The summed E-state index contributed by atoms with van der Waals surface area (Å²) in [7, 11) is -2.26. The lowest BCUT2D eigenvalue weighted by Crippen LogP contribution is -2.57. The Balaban J connectivity index is 1.59. The zero-order chi connectivity index (χ0) is 20.6. The third kappa shape index (κ3) is 5.17. The summed E-state index contributed by atoms with van der Waals surface area (Å²) in [6, 6.07) is 0. The monoisotopic (exact) mass is 418 g/mol. The molecule has 0 aromatic rings. The summed E-state index contributed by atoms with van der Waals surface area (Å²) in [6.07, 6.45) is 8.30. The lowest BCUT2D eigenvalue weighted by molar-refractivity contribution is -0.271. The molecule has 0 N–H and O–H groups in total. The Hall–Kier alpha value is -0.0331. The highest BCUT2D eigenvalue weighted by Gasteiger charge is 2.60. The van der Waals surface area contributed by atoms with Crippen LogP contribution in [0.15, 0.2) is 0 Å². The summed E-state index contributed by atoms with van der Waals surface area (Å²) in [6.45, 7) is 7.94. The minimum Gasteiger partial charge on any atom is -0.404 e. The van der Waals surface area contributed by atoms with Gasteiger partial charge in [0.15, 0.2) is 13.9 Å². The SMILES string of the molecule is CCCC1CCC(C2CCC3CC(O[Si](C)(C)C)(C(F)(F)F)CCC3C2)CC1. The number of fused-ring (bicyclic) bond motifs is 1. The van der Waals surface area contributed by atoms with Crippen molar-refractivity contribution in [3.63, 3.8) is 0 Å². The number of hydrogen-bond acceptors (Lipinski definition) is 1. The number of rotatable bonds is 5. The lowest BCUT2D eigenvalue weighted by atomic mass is 9.60. The van der Waals surface area contributed by atoms with E-state index in [2.05, 4.69) is 6.92 Å². The van der Waals surface area contributed by atoms with Gasteiger partial charge in [-0.05, 0) is 101 Å². The van der Waals surface area contributed by atoms with Crippen molar-refractivity contribution < 1.29 is 17.6 Å². The molecule has 0 aromatic carbocycles. The molecule has 0 aliphatic heterocycles. The zero-order valence-electron chi connectivity index (χ0n) is 18.4. The highest BCUT2D eigenvalue weighted by atomic mass is 28.4. The fourth-order valence-corrected chi connectivity index (χ4v) is 8.18. The number of alkyl halides is 3. The molecule has 0 radical (unpaired) electrons. The molecule has 0 aromatic heterocycles. The molecule has 5 heteroatoms. The third-order valence-electron chi connectivity index (χ3n) is 7.96. The predicted octanol–water partition coefficient (Wildman–Crippen LogP) is 7.96. The van der Waals surface area contributed by atoms with Crippen LogP contribution in [-0.2, 0) is 4.43 Å². The minimum atomic E-state index is -4.24. The van der Waals surface area contributed by atoms with Gasteiger partial charge in [-0.25, -0.2) is 0 Å². The second-order valence-electron chi connectivity index (χ2n) is 11.1. The van der Waals surface area contributed by atoms with Crippen molar-refractivity contribution in [1.82, 2.24) is 0 Å². The first-order valence-electron chi connectivity index (χ1n) is 11.8. The first-order valence-corrected chi connectivity index (χ1v) is 15.2. The molecule has 3 aliphatic carbocycles. The Morgan fingerprint density at radius 3 is 2.00 bits per heavy atom. The summed E-state index contributed by atoms with van der Waals surface area (Å²) in [5.74, 6) is 3.23. The Bertz CT molecular complexity index is 507. The molecule has 0 heterocycles. The van der Waals surface area contributed by atoms with Crippen LogP contribution in [0.2, 0.25) is 19.6 Å². The van der Waals surface area contributed by atoms with Crippen molar-refractivity contribution in [2.24, 2.45) is 29.6 Å². The molecule has 0 amide bonds. The van der Waals surface area contributed by atoms with E-state index in [1.54, 1.807) is 0 Å². The Morgan fingerprint density at radius 1 is 0.857 bits per heavy atom. The molecule has 3 saturated carbocycles. The van der Waals surface area contributed by atoms with Gasteiger partial charge in [0, 0.05) is 0 Å². The van der Waals surface area contributed by atoms with E-state index >= 15 is 0 Å². The normalized spacial score (nSPS) is 40.2. The van der Waals surface area contributed by atoms with E-state index in [1.807, 2.05) is 19.6 Å². The molecule has 0 bridgehead atoms. The van der Waals surface area contributed by atoms with E-state index in [9.17, 15) is 13.2 Å². The van der Waals surface area contributed by atoms with Crippen LogP contribution in [0.25, 0.3) is 0 Å². The van der Waals surface area contributed by atoms with Crippen LogP contribution in [0, 0.1) is 29.6 Å². The summed E-state index contributed by atoms with van der Waals surface area (Å²) in [4.78, 5) is 0. The van der Waals surface area contributed by atoms with Gasteiger partial charge < -0.3 is 4.43 Å². The molecule has 4 unspecified atom stereocenters. The molecular weight excluding hydrogens is 377 g/mol. The molecule has 0 saturated heterocycles. The number of halogens is 3. The van der Waals surface area contributed by atoms with Crippen molar-refractivity contribution in [2.45, 2.75) is 115 Å². The molecular formula is C23H41F3OSi. The van der Waals surface area contributed by atoms with Crippen molar-refractivity contribution in [1.29, 1.82) is 0 Å². The molecule has 164 valence electrons. The van der Waals surface area contributed by atoms with Crippen LogP contribution in [-0.4, -0.2) is 20.1 Å². The molecule has 3 fully saturated rings. The maximum atomic E-state index is 14.0. The fraction of sp³-hybridized carbons (Fsp3) is 1.00. The van der Waals surface area contributed by atoms with E-state index in [-0.39, 0.29) is 18.8 Å². The zero-order valence-corrected chi connectivity index (χ0v) is 19.4. The maximum Gasteiger partial charge on any atom is 0.416 e. The Labute approximate surface area is 171 Å². The van der Waals surface area contributed by atoms with Crippen LogP contribution in [0.4, 0.5) is 13.2 Å². The largest absolute Gasteiger partial charge is 0.416 e. The van der Waals surface area contributed by atoms with Crippen LogP contribution in [0.5, 0.6) is 0 Å². The summed E-state index contributed by atoms with van der Waals surface area (Å²) >= 11 is 0. The quantitative estimate of drug-likeness (QED) is 0.411. The van der Waals surface area contributed by atoms with Gasteiger partial charge in [0.05, 0.1) is 0 Å². The topological polar surface area (TPSA) is 9.23 Å². The van der Waals surface area contributed by atoms with Gasteiger partial charge in [-0.1, -0.05) is 32.6 Å². The maximum absolute atomic E-state index is 14.0. The molecule has 4 atom stereocenters. The van der Waals surface area contributed by atoms with Gasteiger partial charge in [-0.15, -0.1) is 0 Å². The van der Waals surface area contributed by atoms with Gasteiger partial charge in [-0.2, -0.15) is 13.2 Å². The van der Waals surface area contributed by atoms with Gasteiger partial charge in [0.25, 0.3) is 0 Å². The van der Waals surface area contributed by atoms with E-state index in [1.165, 1.54) is 44.9 Å². The van der Waals surface area contributed by atoms with Gasteiger partial charge in [-0.3, -0.25) is 0 Å². The first-order chi connectivity index (χ1) is 13.0. The first kappa shape index (κ1) is 22.6. The van der Waals surface area contributed by atoms with Crippen molar-refractivity contribution in [3.05, 3.63) is 0 Å². The van der Waals surface area contributed by atoms with E-state index in [0.717, 1.165) is 30.6 Å². The fourth-order valence-electron chi connectivity index (χ4n) is 6.71. The van der Waals surface area contributed by atoms with Gasteiger partial charge in [0.2, 0.25) is 0 Å². The smallest absolute Gasteiger partial charge is 0.404 e. The number of hydrogen-bond donors (Lipinski definition) is 0. The highest BCUT2D eigenvalue weighted by molar-refractivity contribution is 6.69. The van der Waals surface area contributed by atoms with E-state index in [0.29, 0.717) is 12.3 Å². The lowest BCUT2D eigenvalue weighted by Gasteiger charge is -2.51. The molecule has 0 spiro atoms. The Kier molecular flexibility index (Phi) is 6.96. The standard InChI is InChI=1S/C23H41F3OSi/c1-5-6-17-7-9-18(10-8-17)19-11-12-21-16-22(23(24,25)26,27-28(2,3)4)14-13-20(21)15-19/h17-21H,5-16H2,1-4H3. The minimum absolute atomic E-state index is 0.178. The van der Waals surface area contributed by atoms with E-state index in [4.69, 9.17) is 4.43 Å². The average Bonchev–Trinajstić information content (AvgIpc) is 2.60. The molecule has 1 nitrogen and oxygen atoms in total. The van der Waals surface area contributed by atoms with Crippen LogP contribution < -0.4 is 0 Å². The predicted molar refractivity (Wildman–Crippen MR) is 112 cm³/mol. The van der Waals surface area contributed by atoms with Crippen molar-refractivity contribution >= 4 is 8.32 Å². The molecule has 3 aliphatic rings. The highest BCUT2D eigenvalue weighted by Crippen LogP contribution is 2.55. The second-order valence-corrected chi connectivity index (χ2v) is 15.5. The summed E-state index contributed by atoms with van der Waals surface area (Å²) < 4.78 is 48.0. The van der Waals surface area contributed by atoms with Gasteiger partial charge >= 0.3 is 6.18 Å². The van der Waals surface area contributed by atoms with E-state index < -0.39 is 20.1 Å². The third-order valence-corrected chi connectivity index (χ3v) is 8.97. The van der Waals surface area contributed by atoms with Crippen molar-refractivity contribution in [2.75, 3.05) is 0 Å². The average molecular weight is 419 g/mol. The van der Waals surface area contributed by atoms with Crippen LogP contribution >= 0.6 is 0 Å². The Morgan fingerprint density at radius 2 is 1.43 bits per heavy atom. The second kappa shape index (κ2) is 8.61. The molecule has 28 heavy (non-hydrogen) atoms. The van der Waals surface area contributed by atoms with Crippen LogP contribution in [0.1, 0.15) is 84.0 Å².